The Morgan fingerprint density at radius 2 is 0.951 bits per heavy atom. The smallest absolute Gasteiger partial charge is 0.334 e. The van der Waals surface area contributed by atoms with Crippen LogP contribution in [0, 0.1) is 0 Å². The monoisotopic (exact) mass is 606 g/mol. The van der Waals surface area contributed by atoms with Crippen LogP contribution in [0.1, 0.15) is 28.8 Å². The maximum absolute atomic E-state index is 13.2. The quantitative estimate of drug-likeness (QED) is 0.390. The van der Waals surface area contributed by atoms with E-state index in [1.807, 2.05) is 0 Å². The molecule has 1 saturated heterocycles. The average molecular weight is 606 g/mol. The number of carbonyl (C=O) groups is 4. The van der Waals surface area contributed by atoms with E-state index in [9.17, 15) is 58.7 Å². The number of alkyl halides is 9. The van der Waals surface area contributed by atoms with Gasteiger partial charge in [-0.3, -0.25) is 24.1 Å². The topological polar surface area (TPSA) is 81.2 Å². The standard InChI is InChI=1S/C24H27F9N4O4/c25-22(26,27)19(39)35-9-2-10-37(21(41)24(31,32)33)14-13-36(20(40)23(28,29)30)8-1-7-34(11-12-35)15-17-3-5-18(16-38)6-4-17/h3-6,16H,1-2,7-15H2. The summed E-state index contributed by atoms with van der Waals surface area (Å²) in [6.45, 7) is -4.77. The molecule has 0 aromatic heterocycles. The van der Waals surface area contributed by atoms with Crippen LogP contribution < -0.4 is 0 Å². The van der Waals surface area contributed by atoms with Gasteiger partial charge in [0, 0.05) is 64.5 Å². The van der Waals surface area contributed by atoms with Crippen LogP contribution in [0.15, 0.2) is 24.3 Å². The molecule has 0 radical (unpaired) electrons. The van der Waals surface area contributed by atoms with Crippen LogP contribution in [0.5, 0.6) is 0 Å². The van der Waals surface area contributed by atoms with Crippen molar-refractivity contribution in [3.63, 3.8) is 0 Å². The normalized spacial score (nSPS) is 17.6. The summed E-state index contributed by atoms with van der Waals surface area (Å²) in [4.78, 5) is 49.0. The van der Waals surface area contributed by atoms with Gasteiger partial charge in [0.15, 0.2) is 0 Å². The minimum Gasteiger partial charge on any atom is -0.334 e. The highest BCUT2D eigenvalue weighted by atomic mass is 19.4. The Bertz CT molecular complexity index is 1060. The van der Waals surface area contributed by atoms with Gasteiger partial charge in [-0.1, -0.05) is 24.3 Å². The molecule has 0 aliphatic carbocycles. The van der Waals surface area contributed by atoms with E-state index in [1.54, 1.807) is 12.1 Å². The van der Waals surface area contributed by atoms with Gasteiger partial charge in [-0.25, -0.2) is 0 Å². The zero-order chi connectivity index (χ0) is 31.0. The summed E-state index contributed by atoms with van der Waals surface area (Å²) < 4.78 is 119. The molecule has 0 spiro atoms. The van der Waals surface area contributed by atoms with Crippen molar-refractivity contribution in [2.45, 2.75) is 37.9 Å². The molecule has 1 aromatic carbocycles. The van der Waals surface area contributed by atoms with Crippen LogP contribution in [-0.4, -0.2) is 114 Å². The molecule has 0 saturated carbocycles. The van der Waals surface area contributed by atoms with Crippen molar-refractivity contribution < 1.29 is 58.7 Å². The summed E-state index contributed by atoms with van der Waals surface area (Å²) in [5.41, 5.74) is 0.936. The van der Waals surface area contributed by atoms with Crippen molar-refractivity contribution >= 4 is 24.0 Å². The number of nitrogens with zero attached hydrogens (tertiary/aromatic N) is 4. The molecule has 8 nitrogen and oxygen atoms in total. The number of carbonyl (C=O) groups excluding carboxylic acids is 4. The SMILES string of the molecule is O=Cc1ccc(CN2CCCN(C(=O)C(F)(F)F)CCN(C(=O)C(F)(F)F)CCCN(C(=O)C(F)(F)F)CC2)cc1. The number of hydrogen-bond donors (Lipinski definition) is 0. The number of rotatable bonds is 3. The summed E-state index contributed by atoms with van der Waals surface area (Å²) in [7, 11) is 0. The zero-order valence-electron chi connectivity index (χ0n) is 21.5. The van der Waals surface area contributed by atoms with Crippen LogP contribution in [-0.2, 0) is 20.9 Å². The average Bonchev–Trinajstić information content (AvgIpc) is 2.88. The number of halogens is 9. The molecule has 41 heavy (non-hydrogen) atoms. The minimum atomic E-state index is -5.43. The van der Waals surface area contributed by atoms with Gasteiger partial charge in [0.1, 0.15) is 6.29 Å². The zero-order valence-corrected chi connectivity index (χ0v) is 21.5. The molecule has 3 amide bonds. The molecular weight excluding hydrogens is 579 g/mol. The molecule has 0 N–H and O–H groups in total. The Kier molecular flexibility index (Phi) is 11.6. The van der Waals surface area contributed by atoms with Crippen LogP contribution in [0.3, 0.4) is 0 Å². The van der Waals surface area contributed by atoms with Crippen molar-refractivity contribution in [3.05, 3.63) is 35.4 Å². The number of hydrogen-bond acceptors (Lipinski definition) is 5. The lowest BCUT2D eigenvalue weighted by Crippen LogP contribution is -2.50. The van der Waals surface area contributed by atoms with E-state index in [1.165, 1.54) is 17.0 Å². The van der Waals surface area contributed by atoms with Crippen LogP contribution in [0.2, 0.25) is 0 Å². The van der Waals surface area contributed by atoms with Crippen molar-refractivity contribution in [2.75, 3.05) is 52.4 Å². The summed E-state index contributed by atoms with van der Waals surface area (Å²) in [6.07, 6.45) is -16.2. The van der Waals surface area contributed by atoms with Gasteiger partial charge in [0.25, 0.3) is 0 Å². The van der Waals surface area contributed by atoms with E-state index in [2.05, 4.69) is 0 Å². The Labute approximate surface area is 228 Å². The van der Waals surface area contributed by atoms with Crippen molar-refractivity contribution in [2.24, 2.45) is 0 Å². The van der Waals surface area contributed by atoms with Crippen LogP contribution >= 0.6 is 0 Å². The van der Waals surface area contributed by atoms with Gasteiger partial charge in [0.05, 0.1) is 0 Å². The Balaban J connectivity index is 2.35. The number of amides is 3. The molecule has 0 bridgehead atoms. The van der Waals surface area contributed by atoms with E-state index in [0.29, 0.717) is 22.3 Å². The van der Waals surface area contributed by atoms with E-state index in [0.717, 1.165) is 0 Å². The Hall–Kier alpha value is -3.37. The minimum absolute atomic E-state index is 0.0638. The second-order valence-corrected chi connectivity index (χ2v) is 9.21. The highest BCUT2D eigenvalue weighted by molar-refractivity contribution is 5.83. The fourth-order valence-electron chi connectivity index (χ4n) is 4.15. The molecule has 1 fully saturated rings. The maximum atomic E-state index is 13.2. The molecule has 1 aromatic rings. The molecule has 0 atom stereocenters. The summed E-state index contributed by atoms with van der Waals surface area (Å²) in [5, 5.41) is 0. The molecule has 1 aliphatic rings. The van der Waals surface area contributed by atoms with E-state index in [-0.39, 0.29) is 35.9 Å². The number of aldehydes is 1. The molecule has 0 unspecified atom stereocenters. The van der Waals surface area contributed by atoms with E-state index < -0.39 is 81.9 Å². The third-order valence-electron chi connectivity index (χ3n) is 6.20. The van der Waals surface area contributed by atoms with Gasteiger partial charge in [-0.05, 0) is 18.4 Å². The third kappa shape index (κ3) is 10.5. The highest BCUT2D eigenvalue weighted by Crippen LogP contribution is 2.23. The second kappa shape index (κ2) is 14.0. The van der Waals surface area contributed by atoms with Gasteiger partial charge >= 0.3 is 36.3 Å². The molecular formula is C24H27F9N4O4. The Morgan fingerprint density at radius 3 is 1.32 bits per heavy atom. The summed E-state index contributed by atoms with van der Waals surface area (Å²) in [5.74, 6) is -7.00. The first kappa shape index (κ1) is 33.8. The van der Waals surface area contributed by atoms with E-state index >= 15 is 0 Å². The Morgan fingerprint density at radius 1 is 0.585 bits per heavy atom. The first-order chi connectivity index (χ1) is 18.9. The van der Waals surface area contributed by atoms with Gasteiger partial charge in [-0.2, -0.15) is 39.5 Å². The lowest BCUT2D eigenvalue weighted by molar-refractivity contribution is -0.189. The lowest BCUT2D eigenvalue weighted by Gasteiger charge is -2.32. The first-order valence-electron chi connectivity index (χ1n) is 12.3. The first-order valence-corrected chi connectivity index (χ1v) is 12.3. The summed E-state index contributed by atoms with van der Waals surface area (Å²) >= 11 is 0. The molecule has 1 aliphatic heterocycles. The molecule has 17 heteroatoms. The van der Waals surface area contributed by atoms with Gasteiger partial charge in [0.2, 0.25) is 0 Å². The third-order valence-corrected chi connectivity index (χ3v) is 6.20. The molecule has 230 valence electrons. The lowest BCUT2D eigenvalue weighted by atomic mass is 10.1. The van der Waals surface area contributed by atoms with Gasteiger partial charge < -0.3 is 14.7 Å². The van der Waals surface area contributed by atoms with E-state index in [4.69, 9.17) is 0 Å². The summed E-state index contributed by atoms with van der Waals surface area (Å²) in [6, 6.07) is 6.06. The predicted molar refractivity (Wildman–Crippen MR) is 124 cm³/mol. The fourth-order valence-corrected chi connectivity index (χ4v) is 4.15. The number of benzene rings is 1. The van der Waals surface area contributed by atoms with Crippen molar-refractivity contribution in [1.29, 1.82) is 0 Å². The second-order valence-electron chi connectivity index (χ2n) is 9.21. The predicted octanol–water partition coefficient (Wildman–Crippen LogP) is 3.27. The largest absolute Gasteiger partial charge is 0.471 e. The van der Waals surface area contributed by atoms with Crippen molar-refractivity contribution in [3.8, 4) is 0 Å². The fraction of sp³-hybridized carbons (Fsp3) is 0.583. The van der Waals surface area contributed by atoms with Gasteiger partial charge in [-0.15, -0.1) is 0 Å². The molecule has 1 heterocycles. The van der Waals surface area contributed by atoms with Crippen molar-refractivity contribution in [1.82, 2.24) is 19.6 Å². The molecule has 2 rings (SSSR count). The maximum Gasteiger partial charge on any atom is 0.471 e. The van der Waals surface area contributed by atoms with Crippen LogP contribution in [0.25, 0.3) is 0 Å². The van der Waals surface area contributed by atoms with Crippen LogP contribution in [0.4, 0.5) is 39.5 Å². The highest BCUT2D eigenvalue weighted by Gasteiger charge is 2.45.